The summed E-state index contributed by atoms with van der Waals surface area (Å²) in [4.78, 5) is 0. The van der Waals surface area contributed by atoms with Crippen LogP contribution in [0.1, 0.15) is 29.9 Å². The number of nitrogens with zero attached hydrogens (tertiary/aromatic N) is 4. The van der Waals surface area contributed by atoms with Crippen molar-refractivity contribution < 1.29 is 4.74 Å². The van der Waals surface area contributed by atoms with Crippen LogP contribution in [0.4, 0.5) is 0 Å². The number of hydrogen-bond acceptors (Lipinski definition) is 5. The van der Waals surface area contributed by atoms with Crippen LogP contribution in [0.15, 0.2) is 48.5 Å². The lowest BCUT2D eigenvalue weighted by atomic mass is 9.89. The summed E-state index contributed by atoms with van der Waals surface area (Å²) in [7, 11) is 1.67. The third-order valence-corrected chi connectivity index (χ3v) is 4.98. The predicted octanol–water partition coefficient (Wildman–Crippen LogP) is 2.86. The molecular formula is C20H23N5O. The third-order valence-electron chi connectivity index (χ3n) is 4.98. The molecule has 2 heterocycles. The van der Waals surface area contributed by atoms with Crippen LogP contribution in [0, 0.1) is 0 Å². The largest absolute Gasteiger partial charge is 0.497 e. The van der Waals surface area contributed by atoms with Gasteiger partial charge in [-0.05, 0) is 71.6 Å². The van der Waals surface area contributed by atoms with Crippen LogP contribution in [0.3, 0.4) is 0 Å². The van der Waals surface area contributed by atoms with Gasteiger partial charge >= 0.3 is 0 Å². The lowest BCUT2D eigenvalue weighted by molar-refractivity contribution is 0.414. The lowest BCUT2D eigenvalue weighted by Gasteiger charge is -2.23. The number of nitrogens with one attached hydrogen (secondary N) is 1. The highest BCUT2D eigenvalue weighted by Crippen LogP contribution is 2.28. The van der Waals surface area contributed by atoms with Gasteiger partial charge in [-0.1, -0.05) is 30.3 Å². The second-order valence-corrected chi connectivity index (χ2v) is 6.66. The zero-order valence-corrected chi connectivity index (χ0v) is 14.9. The Morgan fingerprint density at radius 2 is 1.92 bits per heavy atom. The fourth-order valence-corrected chi connectivity index (χ4v) is 3.51. The van der Waals surface area contributed by atoms with E-state index in [1.165, 1.54) is 18.4 Å². The molecule has 6 heteroatoms. The minimum Gasteiger partial charge on any atom is -0.497 e. The molecule has 1 aromatic heterocycles. The summed E-state index contributed by atoms with van der Waals surface area (Å²) in [5.74, 6) is 2.26. The number of hydrogen-bond donors (Lipinski definition) is 1. The molecule has 1 aliphatic rings. The molecule has 0 saturated carbocycles. The molecule has 0 atom stereocenters. The Labute approximate surface area is 153 Å². The molecule has 2 aromatic carbocycles. The Morgan fingerprint density at radius 1 is 1.12 bits per heavy atom. The number of rotatable bonds is 5. The summed E-state index contributed by atoms with van der Waals surface area (Å²) in [6.07, 6.45) is 2.36. The molecule has 1 aliphatic heterocycles. The van der Waals surface area contributed by atoms with Crippen molar-refractivity contribution in [2.45, 2.75) is 25.3 Å². The van der Waals surface area contributed by atoms with Gasteiger partial charge in [-0.2, -0.15) is 0 Å². The third kappa shape index (κ3) is 3.60. The van der Waals surface area contributed by atoms with Crippen LogP contribution in [0.5, 0.6) is 5.75 Å². The number of ether oxygens (including phenoxy) is 1. The Hall–Kier alpha value is -2.73. The molecule has 1 N–H and O–H groups in total. The van der Waals surface area contributed by atoms with Gasteiger partial charge in [0, 0.05) is 5.56 Å². The van der Waals surface area contributed by atoms with Crippen molar-refractivity contribution >= 4 is 0 Å². The molecule has 3 aromatic rings. The SMILES string of the molecule is COc1ccc(Cn2nnnc2-c2cccc(C3CCNCC3)c2)cc1. The van der Waals surface area contributed by atoms with Gasteiger partial charge in [-0.15, -0.1) is 5.10 Å². The minimum atomic E-state index is 0.613. The summed E-state index contributed by atoms with van der Waals surface area (Å²) in [6, 6.07) is 16.6. The highest BCUT2D eigenvalue weighted by Gasteiger charge is 2.17. The fraction of sp³-hybridized carbons (Fsp3) is 0.350. The Morgan fingerprint density at radius 3 is 2.69 bits per heavy atom. The van der Waals surface area contributed by atoms with E-state index in [1.807, 2.05) is 28.9 Å². The molecule has 0 amide bonds. The highest BCUT2D eigenvalue weighted by atomic mass is 16.5. The average molecular weight is 349 g/mol. The van der Waals surface area contributed by atoms with E-state index in [0.29, 0.717) is 12.5 Å². The van der Waals surface area contributed by atoms with Gasteiger partial charge in [0.2, 0.25) is 0 Å². The zero-order chi connectivity index (χ0) is 17.8. The van der Waals surface area contributed by atoms with Crippen molar-refractivity contribution in [3.05, 3.63) is 59.7 Å². The first-order chi connectivity index (χ1) is 12.8. The van der Waals surface area contributed by atoms with E-state index in [-0.39, 0.29) is 0 Å². The summed E-state index contributed by atoms with van der Waals surface area (Å²) in [5.41, 5.74) is 3.58. The van der Waals surface area contributed by atoms with Crippen LogP contribution >= 0.6 is 0 Å². The predicted molar refractivity (Wildman–Crippen MR) is 100 cm³/mol. The van der Waals surface area contributed by atoms with Crippen LogP contribution in [-0.4, -0.2) is 40.4 Å². The number of tetrazole rings is 1. The van der Waals surface area contributed by atoms with Gasteiger partial charge in [-0.3, -0.25) is 0 Å². The van der Waals surface area contributed by atoms with Gasteiger partial charge in [-0.25, -0.2) is 4.68 Å². The van der Waals surface area contributed by atoms with Gasteiger partial charge < -0.3 is 10.1 Å². The molecule has 0 unspecified atom stereocenters. The second kappa shape index (κ2) is 7.66. The van der Waals surface area contributed by atoms with Crippen LogP contribution < -0.4 is 10.1 Å². The zero-order valence-electron chi connectivity index (χ0n) is 14.9. The van der Waals surface area contributed by atoms with Crippen molar-refractivity contribution in [3.8, 4) is 17.1 Å². The van der Waals surface area contributed by atoms with E-state index in [2.05, 4.69) is 45.1 Å². The van der Waals surface area contributed by atoms with Crippen LogP contribution in [-0.2, 0) is 6.54 Å². The molecule has 1 saturated heterocycles. The number of benzene rings is 2. The topological polar surface area (TPSA) is 64.9 Å². The van der Waals surface area contributed by atoms with Crippen molar-refractivity contribution in [1.82, 2.24) is 25.5 Å². The van der Waals surface area contributed by atoms with E-state index < -0.39 is 0 Å². The fourth-order valence-electron chi connectivity index (χ4n) is 3.51. The van der Waals surface area contributed by atoms with E-state index >= 15 is 0 Å². The van der Waals surface area contributed by atoms with Crippen molar-refractivity contribution in [2.75, 3.05) is 20.2 Å². The monoisotopic (exact) mass is 349 g/mol. The highest BCUT2D eigenvalue weighted by molar-refractivity contribution is 5.56. The molecule has 4 rings (SSSR count). The Kier molecular flexibility index (Phi) is 4.93. The van der Waals surface area contributed by atoms with Gasteiger partial charge in [0.1, 0.15) is 5.75 Å². The van der Waals surface area contributed by atoms with E-state index in [4.69, 9.17) is 4.74 Å². The molecule has 0 radical (unpaired) electrons. The molecule has 26 heavy (non-hydrogen) atoms. The maximum atomic E-state index is 5.22. The first-order valence-electron chi connectivity index (χ1n) is 9.03. The average Bonchev–Trinajstić information content (AvgIpc) is 3.17. The van der Waals surface area contributed by atoms with Crippen LogP contribution in [0.25, 0.3) is 11.4 Å². The molecule has 6 nitrogen and oxygen atoms in total. The molecule has 0 bridgehead atoms. The smallest absolute Gasteiger partial charge is 0.182 e. The summed E-state index contributed by atoms with van der Waals surface area (Å²) in [6.45, 7) is 2.80. The van der Waals surface area contributed by atoms with Crippen molar-refractivity contribution in [1.29, 1.82) is 0 Å². The standard InChI is InChI=1S/C20H23N5O/c1-26-19-7-5-15(6-8-19)14-25-20(22-23-24-25)18-4-2-3-17(13-18)16-9-11-21-12-10-16/h2-8,13,16,21H,9-12,14H2,1H3. The van der Waals surface area contributed by atoms with E-state index in [1.54, 1.807) is 7.11 Å². The Balaban J connectivity index is 1.57. The maximum absolute atomic E-state index is 5.22. The first kappa shape index (κ1) is 16.7. The van der Waals surface area contributed by atoms with Crippen LogP contribution in [0.2, 0.25) is 0 Å². The second-order valence-electron chi connectivity index (χ2n) is 6.66. The molecular weight excluding hydrogens is 326 g/mol. The van der Waals surface area contributed by atoms with Gasteiger partial charge in [0.15, 0.2) is 5.82 Å². The van der Waals surface area contributed by atoms with E-state index in [0.717, 1.165) is 35.8 Å². The number of piperidine rings is 1. The molecule has 1 fully saturated rings. The molecule has 0 aliphatic carbocycles. The molecule has 0 spiro atoms. The Bertz CT molecular complexity index is 853. The minimum absolute atomic E-state index is 0.613. The normalized spacial score (nSPS) is 15.1. The number of aromatic nitrogens is 4. The number of methoxy groups -OCH3 is 1. The molecule has 134 valence electrons. The lowest BCUT2D eigenvalue weighted by Crippen LogP contribution is -2.26. The summed E-state index contributed by atoms with van der Waals surface area (Å²) >= 11 is 0. The van der Waals surface area contributed by atoms with Crippen molar-refractivity contribution in [2.24, 2.45) is 0 Å². The van der Waals surface area contributed by atoms with Gasteiger partial charge in [0.25, 0.3) is 0 Å². The summed E-state index contributed by atoms with van der Waals surface area (Å²) in [5, 5.41) is 15.8. The van der Waals surface area contributed by atoms with Gasteiger partial charge in [0.05, 0.1) is 13.7 Å². The summed E-state index contributed by atoms with van der Waals surface area (Å²) < 4.78 is 7.07. The quantitative estimate of drug-likeness (QED) is 0.767. The first-order valence-corrected chi connectivity index (χ1v) is 9.03. The maximum Gasteiger partial charge on any atom is 0.182 e. The van der Waals surface area contributed by atoms with Crippen molar-refractivity contribution in [3.63, 3.8) is 0 Å². The van der Waals surface area contributed by atoms with E-state index in [9.17, 15) is 0 Å².